The number of nitrogens with zero attached hydrogens (tertiary/aromatic N) is 3. The zero-order chi connectivity index (χ0) is 45.9. The van der Waals surface area contributed by atoms with Gasteiger partial charge < -0.3 is 41.1 Å². The highest BCUT2D eigenvalue weighted by molar-refractivity contribution is 14.1. The number of carbonyl (C=O) groups excluding carboxylic acids is 7. The standard InChI is InChI=1S/C40H60ClF3IN7O8/c1-10-27(49-38(59)39(7,60)40(42,43)44)32(53)47-28(11-2)36(57)51(9)30-15-13-14-18-50(8)35(56)23(6)46-34(55)31(21-24-20-25(41)16-17-26(24)45)52(12-3)37(58)29(19-22(4)5)48-33(30)54/h16-17,20,22-23,27-31,60H,10-15,18-19,21H2,1-9H3,(H,46,55)(H,47,53)(H,48,54)(H,49,59)/t23-,27+,28+,29+,30+,31+,39-/m1/s1. The minimum Gasteiger partial charge on any atom is -0.373 e. The third-order valence-electron chi connectivity index (χ3n) is 10.5. The van der Waals surface area contributed by atoms with E-state index in [4.69, 9.17) is 11.6 Å². The van der Waals surface area contributed by atoms with E-state index in [9.17, 15) is 51.8 Å². The molecule has 0 aromatic heterocycles. The zero-order valence-electron chi connectivity index (χ0n) is 35.7. The molecule has 1 saturated heterocycles. The first kappa shape index (κ1) is 52.4. The van der Waals surface area contributed by atoms with Gasteiger partial charge in [0.1, 0.15) is 36.3 Å². The van der Waals surface area contributed by atoms with Gasteiger partial charge in [-0.15, -0.1) is 0 Å². The molecule has 7 atom stereocenters. The zero-order valence-corrected chi connectivity index (χ0v) is 38.6. The minimum absolute atomic E-state index is 0.0199. The molecular formula is C40H60ClF3IN7O8. The van der Waals surface area contributed by atoms with E-state index in [1.54, 1.807) is 46.0 Å². The number of hydrogen-bond donors (Lipinski definition) is 5. The topological polar surface area (TPSA) is 198 Å². The fourth-order valence-corrected chi connectivity index (χ4v) is 7.48. The predicted molar refractivity (Wildman–Crippen MR) is 227 cm³/mol. The first-order valence-corrected chi connectivity index (χ1v) is 21.5. The average molecular weight is 986 g/mol. The van der Waals surface area contributed by atoms with E-state index in [2.05, 4.69) is 38.5 Å². The molecule has 15 nitrogen and oxygen atoms in total. The molecule has 1 aliphatic heterocycles. The van der Waals surface area contributed by atoms with E-state index < -0.39 is 83.5 Å². The Morgan fingerprint density at radius 2 is 1.62 bits per heavy atom. The summed E-state index contributed by atoms with van der Waals surface area (Å²) in [6, 6.07) is -2.11. The molecule has 1 aromatic carbocycles. The Balaban J connectivity index is 2.56. The van der Waals surface area contributed by atoms with Gasteiger partial charge in [-0.1, -0.05) is 39.3 Å². The predicted octanol–water partition coefficient (Wildman–Crippen LogP) is 3.31. The van der Waals surface area contributed by atoms with Crippen molar-refractivity contribution in [3.05, 3.63) is 32.4 Å². The van der Waals surface area contributed by atoms with Gasteiger partial charge in [-0.2, -0.15) is 13.2 Å². The summed E-state index contributed by atoms with van der Waals surface area (Å²) < 4.78 is 40.7. The highest BCUT2D eigenvalue weighted by Gasteiger charge is 2.56. The van der Waals surface area contributed by atoms with Gasteiger partial charge >= 0.3 is 6.18 Å². The Morgan fingerprint density at radius 3 is 2.17 bits per heavy atom. The highest BCUT2D eigenvalue weighted by Crippen LogP contribution is 2.30. The number of aliphatic hydroxyl groups is 1. The van der Waals surface area contributed by atoms with Crippen molar-refractivity contribution in [1.82, 2.24) is 36.0 Å². The van der Waals surface area contributed by atoms with E-state index in [-0.39, 0.29) is 63.9 Å². The van der Waals surface area contributed by atoms with E-state index in [1.165, 1.54) is 23.8 Å². The van der Waals surface area contributed by atoms with E-state index in [0.717, 1.165) is 8.47 Å². The fraction of sp³-hybridized carbons (Fsp3) is 0.675. The molecule has 20 heteroatoms. The normalized spacial score (nSPS) is 22.3. The summed E-state index contributed by atoms with van der Waals surface area (Å²) in [6.07, 6.45) is -4.56. The molecule has 1 aromatic rings. The number of amides is 7. The van der Waals surface area contributed by atoms with E-state index >= 15 is 0 Å². The van der Waals surface area contributed by atoms with Gasteiger partial charge in [0.15, 0.2) is 0 Å². The van der Waals surface area contributed by atoms with Gasteiger partial charge in [0, 0.05) is 42.2 Å². The third kappa shape index (κ3) is 13.9. The lowest BCUT2D eigenvalue weighted by atomic mass is 9.98. The molecule has 60 heavy (non-hydrogen) atoms. The number of rotatable bonds is 13. The van der Waals surface area contributed by atoms with Crippen LogP contribution in [0.2, 0.25) is 5.02 Å². The number of halogens is 5. The van der Waals surface area contributed by atoms with Gasteiger partial charge in [-0.05, 0) is 112 Å². The Bertz CT molecular complexity index is 1720. The summed E-state index contributed by atoms with van der Waals surface area (Å²) in [5.41, 5.74) is -3.10. The molecule has 0 unspecified atom stereocenters. The van der Waals surface area contributed by atoms with E-state index in [1.807, 2.05) is 19.2 Å². The first-order chi connectivity index (χ1) is 27.8. The summed E-state index contributed by atoms with van der Waals surface area (Å²) in [7, 11) is 2.92. The number of alkyl halides is 3. The maximum Gasteiger partial charge on any atom is 0.426 e. The van der Waals surface area contributed by atoms with Crippen LogP contribution in [0.25, 0.3) is 0 Å². The molecule has 1 aliphatic rings. The third-order valence-corrected chi connectivity index (χ3v) is 11.8. The largest absolute Gasteiger partial charge is 0.426 e. The lowest BCUT2D eigenvalue weighted by Crippen LogP contribution is -2.61. The maximum atomic E-state index is 14.6. The summed E-state index contributed by atoms with van der Waals surface area (Å²) in [5.74, 6) is -5.92. The molecular weight excluding hydrogens is 926 g/mol. The molecule has 1 fully saturated rings. The molecule has 7 amide bonds. The van der Waals surface area contributed by atoms with Gasteiger partial charge in [0.2, 0.25) is 41.0 Å². The Morgan fingerprint density at radius 1 is 1.00 bits per heavy atom. The van der Waals surface area contributed by atoms with Crippen LogP contribution in [0.1, 0.15) is 92.6 Å². The fourth-order valence-electron chi connectivity index (χ4n) is 6.73. The smallest absolute Gasteiger partial charge is 0.373 e. The number of benzene rings is 1. The van der Waals surface area contributed by atoms with Crippen LogP contribution in [0.15, 0.2) is 18.2 Å². The van der Waals surface area contributed by atoms with Crippen molar-refractivity contribution in [2.45, 2.75) is 141 Å². The molecule has 0 radical (unpaired) electrons. The Labute approximate surface area is 368 Å². The van der Waals surface area contributed by atoms with Gasteiger partial charge in [-0.25, -0.2) is 0 Å². The molecule has 2 rings (SSSR count). The highest BCUT2D eigenvalue weighted by atomic mass is 127. The summed E-state index contributed by atoms with van der Waals surface area (Å²) in [5, 5.41) is 20.2. The van der Waals surface area contributed by atoms with Crippen molar-refractivity contribution < 1.29 is 51.8 Å². The Kier molecular flexibility index (Phi) is 20.0. The van der Waals surface area contributed by atoms with Crippen LogP contribution >= 0.6 is 34.2 Å². The van der Waals surface area contributed by atoms with Crippen LogP contribution < -0.4 is 21.3 Å². The van der Waals surface area contributed by atoms with Gasteiger partial charge in [-0.3, -0.25) is 33.6 Å². The van der Waals surface area contributed by atoms with Crippen molar-refractivity contribution in [3.63, 3.8) is 0 Å². The van der Waals surface area contributed by atoms with Crippen LogP contribution in [0, 0.1) is 9.49 Å². The van der Waals surface area contributed by atoms with Crippen molar-refractivity contribution in [2.24, 2.45) is 5.92 Å². The van der Waals surface area contributed by atoms with Crippen LogP contribution in [0.5, 0.6) is 0 Å². The quantitative estimate of drug-likeness (QED) is 0.186. The number of hydrogen-bond acceptors (Lipinski definition) is 8. The Hall–Kier alpha value is -3.72. The number of carbonyl (C=O) groups is 7. The number of nitrogens with one attached hydrogen (secondary N) is 4. The van der Waals surface area contributed by atoms with Crippen LogP contribution in [-0.4, -0.2) is 136 Å². The molecule has 0 spiro atoms. The van der Waals surface area contributed by atoms with Crippen molar-refractivity contribution in [3.8, 4) is 0 Å². The number of likely N-dealkylation sites (N-methyl/N-ethyl adjacent to an activating group) is 3. The van der Waals surface area contributed by atoms with Crippen molar-refractivity contribution >= 4 is 75.5 Å². The van der Waals surface area contributed by atoms with Crippen molar-refractivity contribution in [2.75, 3.05) is 27.2 Å². The monoisotopic (exact) mass is 985 g/mol. The molecule has 0 saturated carbocycles. The lowest BCUT2D eigenvalue weighted by molar-refractivity contribution is -0.245. The molecule has 0 aliphatic carbocycles. The second kappa shape index (κ2) is 22.9. The molecule has 0 bridgehead atoms. The lowest BCUT2D eigenvalue weighted by Gasteiger charge is -2.36. The van der Waals surface area contributed by atoms with Crippen LogP contribution in [0.4, 0.5) is 13.2 Å². The van der Waals surface area contributed by atoms with Crippen LogP contribution in [0.3, 0.4) is 0 Å². The van der Waals surface area contributed by atoms with Gasteiger partial charge in [0.25, 0.3) is 5.91 Å². The van der Waals surface area contributed by atoms with Crippen molar-refractivity contribution in [1.29, 1.82) is 0 Å². The minimum atomic E-state index is -5.33. The van der Waals surface area contributed by atoms with Crippen LogP contribution in [-0.2, 0) is 40.0 Å². The summed E-state index contributed by atoms with van der Waals surface area (Å²) in [6.45, 7) is 10.5. The second-order valence-electron chi connectivity index (χ2n) is 15.7. The molecule has 1 heterocycles. The molecule has 5 N–H and O–H groups in total. The maximum absolute atomic E-state index is 14.6. The van der Waals surface area contributed by atoms with Gasteiger partial charge in [0.05, 0.1) is 0 Å². The second-order valence-corrected chi connectivity index (χ2v) is 17.3. The summed E-state index contributed by atoms with van der Waals surface area (Å²) >= 11 is 8.44. The first-order valence-electron chi connectivity index (χ1n) is 20.1. The molecule has 338 valence electrons. The summed E-state index contributed by atoms with van der Waals surface area (Å²) in [4.78, 5) is 100. The SMILES string of the molecule is CC[C@H](NC(=O)[C@@](C)(O)C(F)(F)F)C(=O)N[C@@H](CC)C(=O)N(C)[C@H]1CCCCN(C)C(=O)[C@@H](C)NC(=O)[C@H](Cc2cc(Cl)ccc2I)N(CC)C(=O)[C@H](CC(C)C)NC1=O. The average Bonchev–Trinajstić information content (AvgIpc) is 3.17. The van der Waals surface area contributed by atoms with E-state index in [0.29, 0.717) is 23.4 Å².